The van der Waals surface area contributed by atoms with Crippen LogP contribution in [-0.2, 0) is 0 Å². The van der Waals surface area contributed by atoms with Gasteiger partial charge in [0, 0.05) is 11.8 Å². The Morgan fingerprint density at radius 1 is 0.926 bits per heavy atom. The minimum Gasteiger partial charge on any atom is -0.406 e. The third-order valence-corrected chi connectivity index (χ3v) is 3.74. The Hall–Kier alpha value is -3.35. The zero-order valence-electron chi connectivity index (χ0n) is 14.0. The number of alkyl halides is 3. The zero-order valence-corrected chi connectivity index (χ0v) is 14.0. The van der Waals surface area contributed by atoms with E-state index in [4.69, 9.17) is 0 Å². The summed E-state index contributed by atoms with van der Waals surface area (Å²) in [5, 5.41) is 2.87. The first-order chi connectivity index (χ1) is 12.9. The largest absolute Gasteiger partial charge is 0.573 e. The number of hydrogen-bond donors (Lipinski definition) is 1. The highest BCUT2D eigenvalue weighted by molar-refractivity contribution is 5.94. The van der Waals surface area contributed by atoms with Gasteiger partial charge in [-0.3, -0.25) is 9.78 Å². The second kappa shape index (κ2) is 7.90. The van der Waals surface area contributed by atoms with E-state index in [1.807, 2.05) is 36.4 Å². The second-order valence-electron chi connectivity index (χ2n) is 5.64. The van der Waals surface area contributed by atoms with Crippen LogP contribution in [0.3, 0.4) is 0 Å². The lowest BCUT2D eigenvalue weighted by Crippen LogP contribution is -2.29. The number of nitrogens with zero attached hydrogens (tertiary/aromatic N) is 1. The molecule has 1 heterocycles. The second-order valence-corrected chi connectivity index (χ2v) is 5.64. The van der Waals surface area contributed by atoms with E-state index in [0.29, 0.717) is 5.69 Å². The summed E-state index contributed by atoms with van der Waals surface area (Å²) in [6.45, 7) is 0. The van der Waals surface area contributed by atoms with Gasteiger partial charge in [-0.2, -0.15) is 0 Å². The molecule has 0 aliphatic carbocycles. The lowest BCUT2D eigenvalue weighted by atomic mass is 10.0. The van der Waals surface area contributed by atoms with E-state index in [9.17, 15) is 18.0 Å². The number of hydrogen-bond acceptors (Lipinski definition) is 3. The predicted octanol–water partition coefficient (Wildman–Crippen LogP) is 4.50. The monoisotopic (exact) mass is 372 g/mol. The van der Waals surface area contributed by atoms with Crippen LogP contribution in [0.25, 0.3) is 0 Å². The summed E-state index contributed by atoms with van der Waals surface area (Å²) in [5.74, 6) is -0.823. The molecule has 3 aromatic rings. The van der Waals surface area contributed by atoms with Gasteiger partial charge in [-0.25, -0.2) is 0 Å². The summed E-state index contributed by atoms with van der Waals surface area (Å²) in [6, 6.07) is 18.9. The normalized spacial score (nSPS) is 12.3. The van der Waals surface area contributed by atoms with Crippen LogP contribution in [0.5, 0.6) is 5.75 Å². The van der Waals surface area contributed by atoms with Crippen molar-refractivity contribution in [3.8, 4) is 5.75 Å². The van der Waals surface area contributed by atoms with Crippen molar-refractivity contribution in [2.24, 2.45) is 0 Å². The quantitative estimate of drug-likeness (QED) is 0.718. The van der Waals surface area contributed by atoms with Gasteiger partial charge < -0.3 is 10.1 Å². The molecule has 0 saturated carbocycles. The molecule has 0 saturated heterocycles. The van der Waals surface area contributed by atoms with Crippen LogP contribution in [0.4, 0.5) is 13.2 Å². The van der Waals surface area contributed by atoms with Gasteiger partial charge in [0.15, 0.2) is 0 Å². The van der Waals surface area contributed by atoms with Crippen LogP contribution in [0.1, 0.15) is 27.7 Å². The Morgan fingerprint density at radius 3 is 2.19 bits per heavy atom. The van der Waals surface area contributed by atoms with Crippen LogP contribution in [-0.4, -0.2) is 17.3 Å². The molecule has 1 unspecified atom stereocenters. The van der Waals surface area contributed by atoms with E-state index in [2.05, 4.69) is 15.0 Å². The van der Waals surface area contributed by atoms with Gasteiger partial charge in [-0.1, -0.05) is 36.4 Å². The molecule has 3 rings (SSSR count). The summed E-state index contributed by atoms with van der Waals surface area (Å²) in [5.41, 5.74) is 1.69. The molecule has 2 aromatic carbocycles. The maximum atomic E-state index is 12.6. The molecule has 0 aliphatic rings. The van der Waals surface area contributed by atoms with Crippen LogP contribution in [0.2, 0.25) is 0 Å². The zero-order chi connectivity index (χ0) is 19.3. The highest BCUT2D eigenvalue weighted by Gasteiger charge is 2.31. The van der Waals surface area contributed by atoms with Gasteiger partial charge in [0.1, 0.15) is 5.75 Å². The van der Waals surface area contributed by atoms with Gasteiger partial charge in [0.25, 0.3) is 5.91 Å². The smallest absolute Gasteiger partial charge is 0.406 e. The number of benzene rings is 2. The number of nitrogens with one attached hydrogen (secondary N) is 1. The average Bonchev–Trinajstić information content (AvgIpc) is 2.66. The van der Waals surface area contributed by atoms with Crippen molar-refractivity contribution in [2.75, 3.05) is 0 Å². The molecule has 1 aromatic heterocycles. The Balaban J connectivity index is 1.81. The summed E-state index contributed by atoms with van der Waals surface area (Å²) in [4.78, 5) is 16.9. The fourth-order valence-corrected chi connectivity index (χ4v) is 2.54. The van der Waals surface area contributed by atoms with Crippen molar-refractivity contribution >= 4 is 5.91 Å². The van der Waals surface area contributed by atoms with Crippen LogP contribution in [0, 0.1) is 0 Å². The Bertz CT molecular complexity index is 843. The number of ether oxygens (including phenoxy) is 1. The molecule has 0 aliphatic heterocycles. The highest BCUT2D eigenvalue weighted by atomic mass is 19.4. The van der Waals surface area contributed by atoms with Crippen molar-refractivity contribution in [1.29, 1.82) is 0 Å². The maximum absolute atomic E-state index is 12.6. The lowest BCUT2D eigenvalue weighted by molar-refractivity contribution is -0.274. The van der Waals surface area contributed by atoms with Crippen LogP contribution < -0.4 is 10.1 Å². The number of rotatable bonds is 5. The molecular weight excluding hydrogens is 357 g/mol. The minimum atomic E-state index is -4.78. The van der Waals surface area contributed by atoms with Gasteiger partial charge >= 0.3 is 6.36 Å². The highest BCUT2D eigenvalue weighted by Crippen LogP contribution is 2.24. The molecule has 1 amide bonds. The van der Waals surface area contributed by atoms with Crippen molar-refractivity contribution in [1.82, 2.24) is 10.3 Å². The van der Waals surface area contributed by atoms with Crippen molar-refractivity contribution in [3.05, 3.63) is 95.8 Å². The first-order valence-electron chi connectivity index (χ1n) is 8.05. The lowest BCUT2D eigenvalue weighted by Gasteiger charge is -2.19. The summed E-state index contributed by atoms with van der Waals surface area (Å²) < 4.78 is 40.5. The molecule has 0 spiro atoms. The Morgan fingerprint density at radius 2 is 1.59 bits per heavy atom. The fraction of sp³-hybridized carbons (Fsp3) is 0.100. The minimum absolute atomic E-state index is 0.210. The van der Waals surface area contributed by atoms with Crippen molar-refractivity contribution in [3.63, 3.8) is 0 Å². The van der Waals surface area contributed by atoms with E-state index < -0.39 is 18.3 Å². The molecule has 1 atom stereocenters. The molecule has 0 radical (unpaired) electrons. The third kappa shape index (κ3) is 5.07. The van der Waals surface area contributed by atoms with E-state index in [1.165, 1.54) is 12.1 Å². The first-order valence-corrected chi connectivity index (χ1v) is 8.05. The predicted molar refractivity (Wildman–Crippen MR) is 93.1 cm³/mol. The first kappa shape index (κ1) is 18.4. The summed E-state index contributed by atoms with van der Waals surface area (Å²) in [6.07, 6.45) is -3.15. The number of amides is 1. The fourth-order valence-electron chi connectivity index (χ4n) is 2.54. The number of aromatic nitrogens is 1. The van der Waals surface area contributed by atoms with E-state index in [-0.39, 0.29) is 11.3 Å². The van der Waals surface area contributed by atoms with E-state index in [1.54, 1.807) is 18.3 Å². The average molecular weight is 372 g/mol. The van der Waals surface area contributed by atoms with Gasteiger partial charge in [0.2, 0.25) is 0 Å². The molecule has 7 heteroatoms. The number of carbonyl (C=O) groups excluding carboxylic acids is 1. The van der Waals surface area contributed by atoms with Crippen molar-refractivity contribution < 1.29 is 22.7 Å². The molecular formula is C20H15F3N2O2. The molecule has 27 heavy (non-hydrogen) atoms. The van der Waals surface area contributed by atoms with E-state index >= 15 is 0 Å². The summed E-state index contributed by atoms with van der Waals surface area (Å²) in [7, 11) is 0. The number of carbonyl (C=O) groups is 1. The van der Waals surface area contributed by atoms with Crippen LogP contribution in [0.15, 0.2) is 79.0 Å². The molecule has 138 valence electrons. The SMILES string of the molecule is O=C(NC(c1ccccc1)c1ccccn1)c1ccc(OC(F)(F)F)cc1. The molecule has 4 nitrogen and oxygen atoms in total. The number of halogens is 3. The summed E-state index contributed by atoms with van der Waals surface area (Å²) >= 11 is 0. The standard InChI is InChI=1S/C20H15F3N2O2/c21-20(22,23)27-16-11-9-15(10-12-16)19(26)25-18(14-6-2-1-3-7-14)17-8-4-5-13-24-17/h1-13,18H,(H,25,26). The van der Waals surface area contributed by atoms with Gasteiger partial charge in [-0.15, -0.1) is 13.2 Å². The molecule has 1 N–H and O–H groups in total. The Labute approximate surface area is 153 Å². The van der Waals surface area contributed by atoms with Crippen molar-refractivity contribution in [2.45, 2.75) is 12.4 Å². The molecule has 0 bridgehead atoms. The maximum Gasteiger partial charge on any atom is 0.573 e. The van der Waals surface area contributed by atoms with Gasteiger partial charge in [-0.05, 0) is 42.0 Å². The van der Waals surface area contributed by atoms with Crippen LogP contribution >= 0.6 is 0 Å². The Kier molecular flexibility index (Phi) is 5.40. The van der Waals surface area contributed by atoms with E-state index in [0.717, 1.165) is 17.7 Å². The third-order valence-electron chi connectivity index (χ3n) is 3.74. The topological polar surface area (TPSA) is 51.2 Å². The molecule has 0 fully saturated rings. The van der Waals surface area contributed by atoms with Gasteiger partial charge in [0.05, 0.1) is 11.7 Å². The number of pyridine rings is 1.